The number of hydrogen-bond acceptors (Lipinski definition) is 6. The molecule has 6 heteroatoms. The number of ether oxygens (including phenoxy) is 3. The highest BCUT2D eigenvalue weighted by atomic mass is 16.7. The molecule has 1 aliphatic rings. The van der Waals surface area contributed by atoms with Crippen molar-refractivity contribution in [2.24, 2.45) is 0 Å². The van der Waals surface area contributed by atoms with Crippen molar-refractivity contribution in [1.29, 1.82) is 0 Å². The summed E-state index contributed by atoms with van der Waals surface area (Å²) in [5, 5.41) is 4.07. The third-order valence-electron chi connectivity index (χ3n) is 5.35. The van der Waals surface area contributed by atoms with Crippen molar-refractivity contribution < 1.29 is 14.2 Å². The van der Waals surface area contributed by atoms with Crippen LogP contribution in [0.25, 0.3) is 22.2 Å². The molecule has 0 bridgehead atoms. The number of pyridine rings is 2. The van der Waals surface area contributed by atoms with Crippen molar-refractivity contribution in [3.63, 3.8) is 0 Å². The number of benzene rings is 1. The van der Waals surface area contributed by atoms with Gasteiger partial charge in [-0.2, -0.15) is 0 Å². The van der Waals surface area contributed by atoms with Crippen molar-refractivity contribution in [3.05, 3.63) is 48.7 Å². The zero-order valence-corrected chi connectivity index (χ0v) is 17.6. The van der Waals surface area contributed by atoms with E-state index in [0.29, 0.717) is 6.61 Å². The standard InChI is InChI=1S/C24H29N3O3/c1-3-19(30-24-6-4-5-13-28-24)16-29-20-9-11-21-17(14-20)7-10-22(27-21)18-8-12-23(25-2)26-15-18/h7-12,14-15,19,24H,3-6,13,16H2,1-2H3,(H,25,26)/t19-,24?/m1/s1. The van der Waals surface area contributed by atoms with E-state index in [1.54, 1.807) is 0 Å². The fourth-order valence-corrected chi connectivity index (χ4v) is 3.52. The number of anilines is 1. The van der Waals surface area contributed by atoms with E-state index in [9.17, 15) is 0 Å². The molecule has 0 radical (unpaired) electrons. The van der Waals surface area contributed by atoms with Crippen LogP contribution >= 0.6 is 0 Å². The molecule has 1 N–H and O–H groups in total. The van der Waals surface area contributed by atoms with Crippen LogP contribution in [0.1, 0.15) is 32.6 Å². The third-order valence-corrected chi connectivity index (χ3v) is 5.35. The molecule has 2 atom stereocenters. The maximum atomic E-state index is 6.06. The van der Waals surface area contributed by atoms with Crippen LogP contribution in [0.4, 0.5) is 5.82 Å². The molecule has 4 rings (SSSR count). The summed E-state index contributed by atoms with van der Waals surface area (Å²) in [6, 6.07) is 14.0. The first-order chi connectivity index (χ1) is 14.7. The van der Waals surface area contributed by atoms with Gasteiger partial charge in [0.2, 0.25) is 0 Å². The Balaban J connectivity index is 1.41. The summed E-state index contributed by atoms with van der Waals surface area (Å²) in [6.07, 6.45) is 5.90. The number of fused-ring (bicyclic) bond motifs is 1. The second kappa shape index (κ2) is 9.87. The summed E-state index contributed by atoms with van der Waals surface area (Å²) < 4.78 is 17.8. The van der Waals surface area contributed by atoms with Crippen LogP contribution in [0.5, 0.6) is 5.75 Å². The largest absolute Gasteiger partial charge is 0.491 e. The number of rotatable bonds is 8. The van der Waals surface area contributed by atoms with Crippen molar-refractivity contribution >= 4 is 16.7 Å². The first-order valence-corrected chi connectivity index (χ1v) is 10.7. The van der Waals surface area contributed by atoms with Gasteiger partial charge in [-0.25, -0.2) is 9.97 Å². The molecule has 1 aromatic carbocycles. The van der Waals surface area contributed by atoms with Crippen LogP contribution in [0.15, 0.2) is 48.7 Å². The predicted molar refractivity (Wildman–Crippen MR) is 119 cm³/mol. The van der Waals surface area contributed by atoms with Crippen LogP contribution in [0, 0.1) is 0 Å². The lowest BCUT2D eigenvalue weighted by Crippen LogP contribution is -2.31. The highest BCUT2D eigenvalue weighted by Crippen LogP contribution is 2.25. The Bertz CT molecular complexity index is 956. The van der Waals surface area contributed by atoms with Gasteiger partial charge in [0.05, 0.1) is 17.3 Å². The number of nitrogens with one attached hydrogen (secondary N) is 1. The van der Waals surface area contributed by atoms with Gasteiger partial charge in [0.25, 0.3) is 0 Å². The van der Waals surface area contributed by atoms with Gasteiger partial charge < -0.3 is 19.5 Å². The van der Waals surface area contributed by atoms with Crippen molar-refractivity contribution in [2.75, 3.05) is 25.6 Å². The fraction of sp³-hybridized carbons (Fsp3) is 0.417. The van der Waals surface area contributed by atoms with Gasteiger partial charge in [-0.05, 0) is 62.1 Å². The van der Waals surface area contributed by atoms with Gasteiger partial charge >= 0.3 is 0 Å². The lowest BCUT2D eigenvalue weighted by molar-refractivity contribution is -0.193. The highest BCUT2D eigenvalue weighted by molar-refractivity contribution is 5.82. The van der Waals surface area contributed by atoms with E-state index in [1.165, 1.54) is 0 Å². The maximum absolute atomic E-state index is 6.06. The SMILES string of the molecule is CC[C@H](COc1ccc2nc(-c3ccc(NC)nc3)ccc2c1)OC1CCCCO1. The molecule has 1 saturated heterocycles. The lowest BCUT2D eigenvalue weighted by Gasteiger charge is -2.27. The third kappa shape index (κ3) is 5.07. The molecule has 6 nitrogen and oxygen atoms in total. The Morgan fingerprint density at radius 3 is 2.83 bits per heavy atom. The van der Waals surface area contributed by atoms with E-state index < -0.39 is 0 Å². The zero-order valence-electron chi connectivity index (χ0n) is 17.6. The average molecular weight is 408 g/mol. The summed E-state index contributed by atoms with van der Waals surface area (Å²) in [7, 11) is 1.86. The number of aromatic nitrogens is 2. The van der Waals surface area contributed by atoms with Crippen LogP contribution < -0.4 is 10.1 Å². The molecule has 0 aliphatic carbocycles. The van der Waals surface area contributed by atoms with Gasteiger partial charge in [0, 0.05) is 30.8 Å². The molecule has 1 aliphatic heterocycles. The molecule has 0 spiro atoms. The quantitative estimate of drug-likeness (QED) is 0.564. The summed E-state index contributed by atoms with van der Waals surface area (Å²) in [5.74, 6) is 1.66. The van der Waals surface area contributed by atoms with Gasteiger partial charge in [0.1, 0.15) is 18.2 Å². The topological polar surface area (TPSA) is 65.5 Å². The normalized spacial score (nSPS) is 17.6. The molecule has 3 aromatic rings. The fourth-order valence-electron chi connectivity index (χ4n) is 3.52. The van der Waals surface area contributed by atoms with Crippen LogP contribution in [0.3, 0.4) is 0 Å². The molecular weight excluding hydrogens is 378 g/mol. The number of hydrogen-bond donors (Lipinski definition) is 1. The Kier molecular flexibility index (Phi) is 6.77. The van der Waals surface area contributed by atoms with Crippen LogP contribution in [-0.2, 0) is 9.47 Å². The lowest BCUT2D eigenvalue weighted by atomic mass is 10.1. The van der Waals surface area contributed by atoms with Gasteiger partial charge in [-0.15, -0.1) is 0 Å². The molecule has 0 amide bonds. The molecule has 1 unspecified atom stereocenters. The zero-order chi connectivity index (χ0) is 20.8. The molecule has 0 saturated carbocycles. The Labute approximate surface area is 177 Å². The predicted octanol–water partition coefficient (Wildman–Crippen LogP) is 5.04. The minimum Gasteiger partial charge on any atom is -0.491 e. The Morgan fingerprint density at radius 2 is 2.10 bits per heavy atom. The minimum atomic E-state index is -0.0943. The van der Waals surface area contributed by atoms with E-state index >= 15 is 0 Å². The average Bonchev–Trinajstić information content (AvgIpc) is 2.82. The second-order valence-corrected chi connectivity index (χ2v) is 7.51. The highest BCUT2D eigenvalue weighted by Gasteiger charge is 2.19. The van der Waals surface area contributed by atoms with E-state index in [4.69, 9.17) is 19.2 Å². The Morgan fingerprint density at radius 1 is 1.17 bits per heavy atom. The summed E-state index contributed by atoms with van der Waals surface area (Å²) >= 11 is 0. The van der Waals surface area contributed by atoms with Crippen LogP contribution in [0.2, 0.25) is 0 Å². The van der Waals surface area contributed by atoms with Gasteiger partial charge in [0.15, 0.2) is 6.29 Å². The summed E-state index contributed by atoms with van der Waals surface area (Å²) in [5.41, 5.74) is 2.82. The first kappa shape index (κ1) is 20.6. The molecule has 158 valence electrons. The smallest absolute Gasteiger partial charge is 0.158 e. The molecule has 3 heterocycles. The minimum absolute atomic E-state index is 0.0254. The van der Waals surface area contributed by atoms with Gasteiger partial charge in [-0.1, -0.05) is 13.0 Å². The Hall–Kier alpha value is -2.70. The van der Waals surface area contributed by atoms with Crippen molar-refractivity contribution in [2.45, 2.75) is 45.0 Å². The van der Waals surface area contributed by atoms with E-state index in [1.807, 2.05) is 49.6 Å². The first-order valence-electron chi connectivity index (χ1n) is 10.7. The number of nitrogens with zero attached hydrogens (tertiary/aromatic N) is 2. The van der Waals surface area contributed by atoms with Crippen LogP contribution in [-0.4, -0.2) is 42.6 Å². The second-order valence-electron chi connectivity index (χ2n) is 7.51. The van der Waals surface area contributed by atoms with Crippen molar-refractivity contribution in [3.8, 4) is 17.0 Å². The van der Waals surface area contributed by atoms with Gasteiger partial charge in [-0.3, -0.25) is 0 Å². The van der Waals surface area contributed by atoms with E-state index in [0.717, 1.165) is 66.0 Å². The summed E-state index contributed by atoms with van der Waals surface area (Å²) in [4.78, 5) is 9.14. The summed E-state index contributed by atoms with van der Waals surface area (Å²) in [6.45, 7) is 3.41. The monoisotopic (exact) mass is 407 g/mol. The molecule has 30 heavy (non-hydrogen) atoms. The molecular formula is C24H29N3O3. The van der Waals surface area contributed by atoms with Crippen molar-refractivity contribution in [1.82, 2.24) is 9.97 Å². The van der Waals surface area contributed by atoms with E-state index in [2.05, 4.69) is 23.3 Å². The van der Waals surface area contributed by atoms with E-state index in [-0.39, 0.29) is 12.4 Å². The maximum Gasteiger partial charge on any atom is 0.158 e. The molecule has 1 fully saturated rings. The molecule has 2 aromatic heterocycles.